The fraction of sp³-hybridized carbons (Fsp3) is 0.231. The van der Waals surface area contributed by atoms with E-state index in [1.54, 1.807) is 28.1 Å². The van der Waals surface area contributed by atoms with E-state index in [1.807, 2.05) is 72.8 Å². The topological polar surface area (TPSA) is 58.9 Å². The summed E-state index contributed by atoms with van der Waals surface area (Å²) < 4.78 is 10.6. The maximum atomic E-state index is 11.5. The van der Waals surface area contributed by atoms with Crippen molar-refractivity contribution in [3.05, 3.63) is 83.9 Å². The SMILES string of the molecule is COc1ccc2cc([C@](C)(O)[C@](C)(O)c3ccc4cc(OC)ccc4c3)ccc2c1. The number of fused-ring (bicyclic) bond motifs is 2. The molecule has 2 N–H and O–H groups in total. The van der Waals surface area contributed by atoms with Crippen LogP contribution in [0.4, 0.5) is 0 Å². The monoisotopic (exact) mass is 402 g/mol. The van der Waals surface area contributed by atoms with Gasteiger partial charge in [0.15, 0.2) is 0 Å². The number of methoxy groups -OCH3 is 2. The first-order valence-corrected chi connectivity index (χ1v) is 9.87. The first-order valence-electron chi connectivity index (χ1n) is 9.87. The lowest BCUT2D eigenvalue weighted by Crippen LogP contribution is -2.45. The molecule has 4 heteroatoms. The second-order valence-electron chi connectivity index (χ2n) is 8.00. The molecule has 0 amide bonds. The van der Waals surface area contributed by atoms with Crippen molar-refractivity contribution in [3.8, 4) is 11.5 Å². The highest BCUT2D eigenvalue weighted by Crippen LogP contribution is 2.42. The van der Waals surface area contributed by atoms with Gasteiger partial charge in [-0.25, -0.2) is 0 Å². The predicted octanol–water partition coefficient (Wildman–Crippen LogP) is 5.13. The lowest BCUT2D eigenvalue weighted by Gasteiger charge is -2.39. The van der Waals surface area contributed by atoms with Crippen molar-refractivity contribution in [2.45, 2.75) is 25.0 Å². The van der Waals surface area contributed by atoms with E-state index in [-0.39, 0.29) is 0 Å². The highest BCUT2D eigenvalue weighted by atomic mass is 16.5. The van der Waals surface area contributed by atoms with E-state index in [2.05, 4.69) is 0 Å². The maximum absolute atomic E-state index is 11.5. The molecule has 4 nitrogen and oxygen atoms in total. The summed E-state index contributed by atoms with van der Waals surface area (Å²) in [4.78, 5) is 0. The first-order chi connectivity index (χ1) is 14.3. The Balaban J connectivity index is 1.76. The van der Waals surface area contributed by atoms with Gasteiger partial charge in [-0.15, -0.1) is 0 Å². The highest BCUT2D eigenvalue weighted by Gasteiger charge is 2.44. The average Bonchev–Trinajstić information content (AvgIpc) is 2.77. The van der Waals surface area contributed by atoms with Crippen LogP contribution in [-0.2, 0) is 11.2 Å². The van der Waals surface area contributed by atoms with Crippen LogP contribution in [0.1, 0.15) is 25.0 Å². The van der Waals surface area contributed by atoms with E-state index in [9.17, 15) is 10.2 Å². The number of benzene rings is 4. The molecule has 0 heterocycles. The van der Waals surface area contributed by atoms with Gasteiger partial charge in [0.05, 0.1) is 14.2 Å². The third-order valence-corrected chi connectivity index (χ3v) is 6.17. The zero-order chi connectivity index (χ0) is 21.5. The van der Waals surface area contributed by atoms with E-state index < -0.39 is 11.2 Å². The molecule has 0 aliphatic heterocycles. The molecule has 30 heavy (non-hydrogen) atoms. The number of hydrogen-bond donors (Lipinski definition) is 2. The van der Waals surface area contributed by atoms with E-state index in [1.165, 1.54) is 0 Å². The summed E-state index contributed by atoms with van der Waals surface area (Å²) in [6.07, 6.45) is 0. The third kappa shape index (κ3) is 3.28. The Labute approximate surface area is 176 Å². The van der Waals surface area contributed by atoms with Crippen LogP contribution < -0.4 is 9.47 Å². The molecule has 0 spiro atoms. The van der Waals surface area contributed by atoms with Crippen LogP contribution >= 0.6 is 0 Å². The van der Waals surface area contributed by atoms with Crippen LogP contribution in [-0.4, -0.2) is 24.4 Å². The summed E-state index contributed by atoms with van der Waals surface area (Å²) in [5, 5.41) is 26.9. The summed E-state index contributed by atoms with van der Waals surface area (Å²) in [7, 11) is 3.27. The Morgan fingerprint density at radius 2 is 0.867 bits per heavy atom. The van der Waals surface area contributed by atoms with Crippen LogP contribution in [0, 0.1) is 0 Å². The summed E-state index contributed by atoms with van der Waals surface area (Å²) in [5.41, 5.74) is -1.75. The van der Waals surface area contributed by atoms with Crippen molar-refractivity contribution in [1.29, 1.82) is 0 Å². The first kappa shape index (κ1) is 20.2. The normalized spacial score (nSPS) is 15.5. The van der Waals surface area contributed by atoms with E-state index in [0.717, 1.165) is 33.0 Å². The quantitative estimate of drug-likeness (QED) is 0.486. The minimum absolute atomic E-state index is 0.639. The second kappa shape index (κ2) is 7.31. The molecule has 4 aromatic rings. The smallest absolute Gasteiger partial charge is 0.119 e. The van der Waals surface area contributed by atoms with Gasteiger partial charge in [0.25, 0.3) is 0 Å². The molecule has 0 unspecified atom stereocenters. The fourth-order valence-electron chi connectivity index (χ4n) is 3.87. The molecule has 0 saturated carbocycles. The van der Waals surface area contributed by atoms with Crippen molar-refractivity contribution in [2.24, 2.45) is 0 Å². The average molecular weight is 402 g/mol. The van der Waals surface area contributed by atoms with Crippen molar-refractivity contribution in [3.63, 3.8) is 0 Å². The minimum atomic E-state index is -1.51. The van der Waals surface area contributed by atoms with Gasteiger partial charge in [0.2, 0.25) is 0 Å². The zero-order valence-corrected chi connectivity index (χ0v) is 17.6. The molecule has 0 bridgehead atoms. The standard InChI is InChI=1S/C26H26O4/c1-25(27,21-9-5-19-15-23(29-3)11-7-17(19)13-21)26(2,28)22-10-6-20-16-24(30-4)12-8-18(20)14-22/h5-16,27-28H,1-4H3/t25-,26+. The number of aliphatic hydroxyl groups is 2. The predicted molar refractivity (Wildman–Crippen MR) is 120 cm³/mol. The van der Waals surface area contributed by atoms with Crippen molar-refractivity contribution >= 4 is 21.5 Å². The molecule has 0 aliphatic rings. The minimum Gasteiger partial charge on any atom is -0.497 e. The summed E-state index contributed by atoms with van der Waals surface area (Å²) >= 11 is 0. The van der Waals surface area contributed by atoms with Crippen LogP contribution in [0.5, 0.6) is 11.5 Å². The summed E-state index contributed by atoms with van der Waals surface area (Å²) in [6, 6.07) is 23.0. The molecule has 0 aromatic heterocycles. The fourth-order valence-corrected chi connectivity index (χ4v) is 3.87. The number of ether oxygens (including phenoxy) is 2. The van der Waals surface area contributed by atoms with Crippen molar-refractivity contribution in [1.82, 2.24) is 0 Å². The summed E-state index contributed by atoms with van der Waals surface area (Å²) in [6.45, 7) is 3.30. The van der Waals surface area contributed by atoms with Gasteiger partial charge in [0, 0.05) is 0 Å². The lowest BCUT2D eigenvalue weighted by molar-refractivity contribution is -0.143. The van der Waals surface area contributed by atoms with Gasteiger partial charge >= 0.3 is 0 Å². The van der Waals surface area contributed by atoms with Gasteiger partial charge < -0.3 is 19.7 Å². The molecule has 0 fully saturated rings. The van der Waals surface area contributed by atoms with E-state index >= 15 is 0 Å². The maximum Gasteiger partial charge on any atom is 0.119 e. The Morgan fingerprint density at radius 3 is 1.23 bits per heavy atom. The van der Waals surface area contributed by atoms with Gasteiger partial charge in [-0.1, -0.05) is 36.4 Å². The Bertz CT molecular complexity index is 1130. The van der Waals surface area contributed by atoms with Crippen molar-refractivity contribution < 1.29 is 19.7 Å². The summed E-state index contributed by atoms with van der Waals surface area (Å²) in [5.74, 6) is 1.56. The van der Waals surface area contributed by atoms with Gasteiger partial charge in [-0.2, -0.15) is 0 Å². The Morgan fingerprint density at radius 1 is 0.533 bits per heavy atom. The molecule has 4 rings (SSSR count). The van der Waals surface area contributed by atoms with E-state index in [4.69, 9.17) is 9.47 Å². The van der Waals surface area contributed by atoms with Crippen LogP contribution in [0.3, 0.4) is 0 Å². The number of hydrogen-bond acceptors (Lipinski definition) is 4. The molecule has 0 radical (unpaired) electrons. The largest absolute Gasteiger partial charge is 0.497 e. The second-order valence-corrected chi connectivity index (χ2v) is 8.00. The van der Waals surface area contributed by atoms with Crippen molar-refractivity contribution in [2.75, 3.05) is 14.2 Å². The van der Waals surface area contributed by atoms with Gasteiger partial charge in [-0.3, -0.25) is 0 Å². The Kier molecular flexibility index (Phi) is 4.92. The van der Waals surface area contributed by atoms with Gasteiger partial charge in [0.1, 0.15) is 22.7 Å². The van der Waals surface area contributed by atoms with Crippen LogP contribution in [0.25, 0.3) is 21.5 Å². The number of rotatable bonds is 5. The molecule has 4 aromatic carbocycles. The van der Waals surface area contributed by atoms with E-state index in [0.29, 0.717) is 11.1 Å². The molecular weight excluding hydrogens is 376 g/mol. The molecule has 2 atom stereocenters. The third-order valence-electron chi connectivity index (χ3n) is 6.17. The van der Waals surface area contributed by atoms with Crippen LogP contribution in [0.15, 0.2) is 72.8 Å². The molecule has 0 saturated heterocycles. The molecular formula is C26H26O4. The molecule has 0 aliphatic carbocycles. The van der Waals surface area contributed by atoms with Gasteiger partial charge in [-0.05, 0) is 82.9 Å². The Hall–Kier alpha value is -3.08. The molecule has 154 valence electrons. The highest BCUT2D eigenvalue weighted by molar-refractivity contribution is 5.86. The lowest BCUT2D eigenvalue weighted by atomic mass is 9.75. The van der Waals surface area contributed by atoms with Crippen LogP contribution in [0.2, 0.25) is 0 Å². The zero-order valence-electron chi connectivity index (χ0n) is 17.6.